The Hall–Kier alpha value is -1.38. The largest absolute Gasteiger partial charge is 0.306 e. The van der Waals surface area contributed by atoms with E-state index in [4.69, 9.17) is 11.6 Å². The number of halogens is 1. The summed E-state index contributed by atoms with van der Waals surface area (Å²) in [5, 5.41) is 4.25. The molecule has 1 N–H and O–H groups in total. The van der Waals surface area contributed by atoms with Crippen LogP contribution in [0.25, 0.3) is 0 Å². The lowest BCUT2D eigenvalue weighted by atomic mass is 10.1. The summed E-state index contributed by atoms with van der Waals surface area (Å²) in [7, 11) is 0. The van der Waals surface area contributed by atoms with Gasteiger partial charge in [-0.25, -0.2) is 0 Å². The van der Waals surface area contributed by atoms with Crippen LogP contribution in [0.2, 0.25) is 5.02 Å². The molecule has 3 heteroatoms. The first-order valence-electron chi connectivity index (χ1n) is 5.64. The lowest BCUT2D eigenvalue weighted by Gasteiger charge is -2.14. The number of hydrogen-bond donors (Lipinski definition) is 1. The predicted octanol–water partition coefficient (Wildman–Crippen LogP) is 3.59. The molecule has 1 heterocycles. The van der Waals surface area contributed by atoms with Crippen molar-refractivity contribution in [3.8, 4) is 0 Å². The van der Waals surface area contributed by atoms with Crippen molar-refractivity contribution in [2.75, 3.05) is 0 Å². The van der Waals surface area contributed by atoms with Gasteiger partial charge in [0.2, 0.25) is 0 Å². The molecule has 2 aromatic rings. The molecule has 0 saturated heterocycles. The van der Waals surface area contributed by atoms with Crippen LogP contribution in [0.5, 0.6) is 0 Å². The van der Waals surface area contributed by atoms with E-state index in [-0.39, 0.29) is 6.04 Å². The Bertz CT molecular complexity index is 471. The number of pyridine rings is 1. The third-order valence-electron chi connectivity index (χ3n) is 2.76. The molecule has 1 aromatic heterocycles. The Morgan fingerprint density at radius 1 is 1.18 bits per heavy atom. The lowest BCUT2D eigenvalue weighted by molar-refractivity contribution is 0.574. The van der Waals surface area contributed by atoms with Crippen molar-refractivity contribution in [1.29, 1.82) is 0 Å². The number of rotatable bonds is 4. The highest BCUT2D eigenvalue weighted by Gasteiger charge is 2.05. The van der Waals surface area contributed by atoms with Crippen molar-refractivity contribution in [1.82, 2.24) is 10.3 Å². The topological polar surface area (TPSA) is 24.9 Å². The van der Waals surface area contributed by atoms with Crippen LogP contribution in [0, 0.1) is 0 Å². The summed E-state index contributed by atoms with van der Waals surface area (Å²) in [5.74, 6) is 0. The summed E-state index contributed by atoms with van der Waals surface area (Å²) in [5.41, 5.74) is 2.35. The van der Waals surface area contributed by atoms with Gasteiger partial charge in [-0.1, -0.05) is 29.8 Å². The highest BCUT2D eigenvalue weighted by atomic mass is 35.5. The third kappa shape index (κ3) is 3.29. The molecule has 2 nitrogen and oxygen atoms in total. The van der Waals surface area contributed by atoms with E-state index in [2.05, 4.69) is 17.2 Å². The molecule has 0 aliphatic heterocycles. The molecule has 0 aliphatic carbocycles. The minimum absolute atomic E-state index is 0.286. The summed E-state index contributed by atoms with van der Waals surface area (Å²) in [6.45, 7) is 2.90. The normalized spacial score (nSPS) is 12.4. The Kier molecular flexibility index (Phi) is 4.13. The first kappa shape index (κ1) is 12.1. The molecule has 88 valence electrons. The summed E-state index contributed by atoms with van der Waals surface area (Å²) >= 11 is 6.10. The fourth-order valence-electron chi connectivity index (χ4n) is 1.67. The quantitative estimate of drug-likeness (QED) is 0.892. The van der Waals surface area contributed by atoms with Gasteiger partial charge in [0, 0.05) is 30.0 Å². The van der Waals surface area contributed by atoms with Gasteiger partial charge in [0.25, 0.3) is 0 Å². The zero-order valence-electron chi connectivity index (χ0n) is 9.73. The van der Waals surface area contributed by atoms with Crippen LogP contribution in [0.4, 0.5) is 0 Å². The molecule has 0 bridgehead atoms. The first-order valence-corrected chi connectivity index (χ1v) is 6.02. The van der Waals surface area contributed by atoms with Gasteiger partial charge in [0.1, 0.15) is 0 Å². The summed E-state index contributed by atoms with van der Waals surface area (Å²) in [4.78, 5) is 4.01. The van der Waals surface area contributed by atoms with Crippen molar-refractivity contribution < 1.29 is 0 Å². The molecule has 17 heavy (non-hydrogen) atoms. The average Bonchev–Trinajstić information content (AvgIpc) is 2.38. The van der Waals surface area contributed by atoms with Crippen LogP contribution >= 0.6 is 11.6 Å². The SMILES string of the molecule is C[C@H](NCc1ccccc1Cl)c1ccncc1. The fraction of sp³-hybridized carbons (Fsp3) is 0.214. The second kappa shape index (κ2) is 5.80. The van der Waals surface area contributed by atoms with Gasteiger partial charge in [-0.05, 0) is 36.2 Å². The van der Waals surface area contributed by atoms with Crippen LogP contribution < -0.4 is 5.32 Å². The highest BCUT2D eigenvalue weighted by Crippen LogP contribution is 2.17. The Morgan fingerprint density at radius 3 is 2.59 bits per heavy atom. The van der Waals surface area contributed by atoms with E-state index in [1.807, 2.05) is 48.8 Å². The summed E-state index contributed by atoms with van der Waals surface area (Å²) < 4.78 is 0. The number of nitrogens with zero attached hydrogens (tertiary/aromatic N) is 1. The molecule has 0 unspecified atom stereocenters. The zero-order chi connectivity index (χ0) is 12.1. The van der Waals surface area contributed by atoms with Gasteiger partial charge in [-0.15, -0.1) is 0 Å². The molecule has 1 atom stereocenters. The Morgan fingerprint density at radius 2 is 1.88 bits per heavy atom. The van der Waals surface area contributed by atoms with Gasteiger partial charge in [-0.3, -0.25) is 4.98 Å². The number of hydrogen-bond acceptors (Lipinski definition) is 2. The van der Waals surface area contributed by atoms with Gasteiger partial charge in [0.05, 0.1) is 0 Å². The van der Waals surface area contributed by atoms with E-state index < -0.39 is 0 Å². The molecular weight excluding hydrogens is 232 g/mol. The lowest BCUT2D eigenvalue weighted by Crippen LogP contribution is -2.18. The summed E-state index contributed by atoms with van der Waals surface area (Å²) in [6, 6.07) is 12.2. The molecule has 0 saturated carbocycles. The monoisotopic (exact) mass is 246 g/mol. The van der Waals surface area contributed by atoms with Crippen molar-refractivity contribution in [2.45, 2.75) is 19.5 Å². The molecule has 1 aromatic carbocycles. The molecular formula is C14H15ClN2. The van der Waals surface area contributed by atoms with Crippen LogP contribution in [0.1, 0.15) is 24.1 Å². The smallest absolute Gasteiger partial charge is 0.0450 e. The van der Waals surface area contributed by atoms with Crippen LogP contribution in [0.15, 0.2) is 48.8 Å². The van der Waals surface area contributed by atoms with Crippen molar-refractivity contribution >= 4 is 11.6 Å². The maximum absolute atomic E-state index is 6.10. The van der Waals surface area contributed by atoms with Crippen LogP contribution in [-0.4, -0.2) is 4.98 Å². The maximum Gasteiger partial charge on any atom is 0.0450 e. The number of nitrogens with one attached hydrogen (secondary N) is 1. The molecule has 0 aliphatic rings. The minimum Gasteiger partial charge on any atom is -0.306 e. The third-order valence-corrected chi connectivity index (χ3v) is 3.13. The molecule has 2 rings (SSSR count). The standard InChI is InChI=1S/C14H15ClN2/c1-11(12-6-8-16-9-7-12)17-10-13-4-2-3-5-14(13)15/h2-9,11,17H,10H2,1H3/t11-/m0/s1. The van der Waals surface area contributed by atoms with E-state index >= 15 is 0 Å². The highest BCUT2D eigenvalue weighted by molar-refractivity contribution is 6.31. The molecule has 0 amide bonds. The van der Waals surface area contributed by atoms with E-state index in [0.717, 1.165) is 17.1 Å². The molecule has 0 radical (unpaired) electrons. The number of benzene rings is 1. The van der Waals surface area contributed by atoms with Gasteiger partial charge < -0.3 is 5.32 Å². The molecule has 0 fully saturated rings. The van der Waals surface area contributed by atoms with Gasteiger partial charge in [-0.2, -0.15) is 0 Å². The maximum atomic E-state index is 6.10. The zero-order valence-corrected chi connectivity index (χ0v) is 10.5. The van der Waals surface area contributed by atoms with Crippen molar-refractivity contribution in [3.05, 3.63) is 64.9 Å². The fourth-order valence-corrected chi connectivity index (χ4v) is 1.88. The van der Waals surface area contributed by atoms with Crippen LogP contribution in [-0.2, 0) is 6.54 Å². The minimum atomic E-state index is 0.286. The van der Waals surface area contributed by atoms with E-state index in [1.165, 1.54) is 5.56 Å². The van der Waals surface area contributed by atoms with E-state index in [0.29, 0.717) is 0 Å². The van der Waals surface area contributed by atoms with E-state index in [1.54, 1.807) is 0 Å². The van der Waals surface area contributed by atoms with Crippen molar-refractivity contribution in [3.63, 3.8) is 0 Å². The van der Waals surface area contributed by atoms with Crippen molar-refractivity contribution in [2.24, 2.45) is 0 Å². The predicted molar refractivity (Wildman–Crippen MR) is 70.9 cm³/mol. The van der Waals surface area contributed by atoms with E-state index in [9.17, 15) is 0 Å². The van der Waals surface area contributed by atoms with Gasteiger partial charge >= 0.3 is 0 Å². The molecule has 0 spiro atoms. The Balaban J connectivity index is 1.97. The number of aromatic nitrogens is 1. The second-order valence-corrected chi connectivity index (χ2v) is 4.38. The van der Waals surface area contributed by atoms with Gasteiger partial charge in [0.15, 0.2) is 0 Å². The Labute approximate surface area is 107 Å². The second-order valence-electron chi connectivity index (χ2n) is 3.97. The summed E-state index contributed by atoms with van der Waals surface area (Å²) in [6.07, 6.45) is 3.62. The first-order chi connectivity index (χ1) is 8.27. The van der Waals surface area contributed by atoms with Crippen LogP contribution in [0.3, 0.4) is 0 Å². The average molecular weight is 247 g/mol.